The summed E-state index contributed by atoms with van der Waals surface area (Å²) in [6, 6.07) is 11.8. The van der Waals surface area contributed by atoms with E-state index in [4.69, 9.17) is 9.72 Å². The number of carbonyl (C=O) groups excluding carboxylic acids is 1. The van der Waals surface area contributed by atoms with Crippen LogP contribution < -0.4 is 5.32 Å². The largest absolute Gasteiger partial charge is 0.376 e. The molecule has 7 heteroatoms. The minimum atomic E-state index is -0.171. The number of hydrogen-bond acceptors (Lipinski definition) is 4. The van der Waals surface area contributed by atoms with Crippen LogP contribution in [0.1, 0.15) is 28.9 Å². The molecular weight excluding hydrogens is 378 g/mol. The van der Waals surface area contributed by atoms with Crippen LogP contribution in [0.4, 0.5) is 0 Å². The van der Waals surface area contributed by atoms with E-state index < -0.39 is 0 Å². The Morgan fingerprint density at radius 3 is 3.00 bits per heavy atom. The highest BCUT2D eigenvalue weighted by Crippen LogP contribution is 2.24. The Morgan fingerprint density at radius 2 is 2.17 bits per heavy atom. The second-order valence-corrected chi connectivity index (χ2v) is 7.52. The molecule has 1 fully saturated rings. The lowest BCUT2D eigenvalue weighted by molar-refractivity contribution is 0.0855. The fraction of sp³-hybridized carbons (Fsp3) is 0.261. The van der Waals surface area contributed by atoms with E-state index in [9.17, 15) is 4.79 Å². The fourth-order valence-corrected chi connectivity index (χ4v) is 3.88. The zero-order valence-electron chi connectivity index (χ0n) is 16.6. The van der Waals surface area contributed by atoms with Crippen molar-refractivity contribution in [3.63, 3.8) is 0 Å². The van der Waals surface area contributed by atoms with Crippen molar-refractivity contribution >= 4 is 11.4 Å². The van der Waals surface area contributed by atoms with Gasteiger partial charge in [0.2, 0.25) is 0 Å². The molecule has 0 bridgehead atoms. The Morgan fingerprint density at radius 1 is 1.20 bits per heavy atom. The molecule has 1 aliphatic heterocycles. The van der Waals surface area contributed by atoms with Crippen molar-refractivity contribution in [3.05, 3.63) is 78.6 Å². The topological polar surface area (TPSA) is 73.4 Å². The molecule has 0 saturated carbocycles. The van der Waals surface area contributed by atoms with Gasteiger partial charge in [-0.25, -0.2) is 4.98 Å². The molecule has 0 spiro atoms. The van der Waals surface area contributed by atoms with Crippen molar-refractivity contribution in [1.82, 2.24) is 24.3 Å². The van der Waals surface area contributed by atoms with Gasteiger partial charge in [0.25, 0.3) is 5.91 Å². The number of pyridine rings is 2. The van der Waals surface area contributed by atoms with Gasteiger partial charge in [-0.2, -0.15) is 0 Å². The average molecular weight is 401 g/mol. The molecule has 30 heavy (non-hydrogen) atoms. The molecule has 0 aliphatic carbocycles. The smallest absolute Gasteiger partial charge is 0.272 e. The van der Waals surface area contributed by atoms with Crippen LogP contribution in [-0.2, 0) is 11.3 Å². The summed E-state index contributed by atoms with van der Waals surface area (Å²) in [7, 11) is 0. The lowest BCUT2D eigenvalue weighted by Gasteiger charge is -2.09. The summed E-state index contributed by atoms with van der Waals surface area (Å²) in [5.74, 6) is 0.577. The second-order valence-electron chi connectivity index (χ2n) is 7.52. The maximum atomic E-state index is 12.9. The molecule has 1 atom stereocenters. The highest BCUT2D eigenvalue weighted by atomic mass is 16.5. The third-order valence-electron chi connectivity index (χ3n) is 5.37. The van der Waals surface area contributed by atoms with Gasteiger partial charge in [0, 0.05) is 56.2 Å². The van der Waals surface area contributed by atoms with Gasteiger partial charge in [0.15, 0.2) is 5.69 Å². The molecule has 0 radical (unpaired) electrons. The minimum Gasteiger partial charge on any atom is -0.376 e. The minimum absolute atomic E-state index is 0.101. The van der Waals surface area contributed by atoms with Gasteiger partial charge in [-0.1, -0.05) is 12.1 Å². The summed E-state index contributed by atoms with van der Waals surface area (Å²) in [5.41, 5.74) is 3.31. The Hall–Kier alpha value is -3.45. The van der Waals surface area contributed by atoms with Crippen LogP contribution >= 0.6 is 0 Å². The number of ether oxygens (including phenoxy) is 1. The summed E-state index contributed by atoms with van der Waals surface area (Å²) in [4.78, 5) is 21.7. The van der Waals surface area contributed by atoms with Crippen LogP contribution in [0.3, 0.4) is 0 Å². The lowest BCUT2D eigenvalue weighted by Crippen LogP contribution is -2.32. The van der Waals surface area contributed by atoms with E-state index in [0.717, 1.165) is 48.5 Å². The van der Waals surface area contributed by atoms with Gasteiger partial charge in [-0.15, -0.1) is 0 Å². The molecule has 1 N–H and O–H groups in total. The zero-order valence-corrected chi connectivity index (χ0v) is 16.6. The third-order valence-corrected chi connectivity index (χ3v) is 5.37. The zero-order chi connectivity index (χ0) is 20.3. The standard InChI is InChI=1S/C23H23N5O2/c29-23(25-14-19-6-4-12-30-19)21-20-7-1-2-10-28(20)22(26-21)18-8-11-27(16-18)15-17-5-3-9-24-13-17/h1-3,5,7-11,13,16,19H,4,6,12,14-15H2,(H,25,29)/t19-/m1/s1. The molecule has 7 nitrogen and oxygen atoms in total. The molecule has 152 valence electrons. The average Bonchev–Trinajstić information content (AvgIpc) is 3.52. The molecule has 1 saturated heterocycles. The van der Waals surface area contributed by atoms with Gasteiger partial charge in [0.05, 0.1) is 11.6 Å². The van der Waals surface area contributed by atoms with Crippen LogP contribution in [-0.4, -0.2) is 44.1 Å². The number of amides is 1. The molecule has 1 amide bonds. The molecule has 5 heterocycles. The number of fused-ring (bicyclic) bond motifs is 1. The molecule has 4 aromatic rings. The summed E-state index contributed by atoms with van der Waals surface area (Å²) in [5, 5.41) is 2.98. The molecular formula is C23H23N5O2. The fourth-order valence-electron chi connectivity index (χ4n) is 3.88. The normalized spacial score (nSPS) is 16.2. The van der Waals surface area contributed by atoms with E-state index in [1.807, 2.05) is 65.6 Å². The predicted molar refractivity (Wildman–Crippen MR) is 113 cm³/mol. The Balaban J connectivity index is 1.41. The van der Waals surface area contributed by atoms with Crippen molar-refractivity contribution < 1.29 is 9.53 Å². The van der Waals surface area contributed by atoms with Gasteiger partial charge in [-0.05, 0) is 42.7 Å². The maximum Gasteiger partial charge on any atom is 0.272 e. The number of hydrogen-bond donors (Lipinski definition) is 1. The van der Waals surface area contributed by atoms with Crippen LogP contribution in [0.2, 0.25) is 0 Å². The summed E-state index contributed by atoms with van der Waals surface area (Å²) in [6.07, 6.45) is 11.8. The van der Waals surface area contributed by atoms with E-state index in [1.165, 1.54) is 0 Å². The monoisotopic (exact) mass is 401 g/mol. The van der Waals surface area contributed by atoms with Crippen LogP contribution in [0.15, 0.2) is 67.4 Å². The quantitative estimate of drug-likeness (QED) is 0.539. The van der Waals surface area contributed by atoms with E-state index in [-0.39, 0.29) is 12.0 Å². The highest BCUT2D eigenvalue weighted by Gasteiger charge is 2.21. The summed E-state index contributed by atoms with van der Waals surface area (Å²) in [6.45, 7) is 2.02. The lowest BCUT2D eigenvalue weighted by atomic mass is 10.2. The van der Waals surface area contributed by atoms with Gasteiger partial charge in [-0.3, -0.25) is 14.2 Å². The number of nitrogens with one attached hydrogen (secondary N) is 1. The molecule has 1 aliphatic rings. The van der Waals surface area contributed by atoms with Crippen molar-refractivity contribution in [2.45, 2.75) is 25.5 Å². The predicted octanol–water partition coefficient (Wildman–Crippen LogP) is 3.15. The second kappa shape index (κ2) is 8.12. The van der Waals surface area contributed by atoms with Gasteiger partial charge < -0.3 is 14.6 Å². The van der Waals surface area contributed by atoms with Gasteiger partial charge >= 0.3 is 0 Å². The maximum absolute atomic E-state index is 12.9. The number of aromatic nitrogens is 4. The first-order valence-corrected chi connectivity index (χ1v) is 10.2. The first-order chi connectivity index (χ1) is 14.8. The van der Waals surface area contributed by atoms with Crippen molar-refractivity contribution in [3.8, 4) is 11.4 Å². The molecule has 0 unspecified atom stereocenters. The Kier molecular flexibility index (Phi) is 5.03. The molecule has 4 aromatic heterocycles. The number of imidazole rings is 1. The number of nitrogens with zero attached hydrogens (tertiary/aromatic N) is 4. The summed E-state index contributed by atoms with van der Waals surface area (Å²) >= 11 is 0. The van der Waals surface area contributed by atoms with Crippen molar-refractivity contribution in [1.29, 1.82) is 0 Å². The van der Waals surface area contributed by atoms with E-state index in [0.29, 0.717) is 12.2 Å². The first kappa shape index (κ1) is 18.6. The number of carbonyl (C=O) groups is 1. The van der Waals surface area contributed by atoms with Crippen molar-refractivity contribution in [2.24, 2.45) is 0 Å². The SMILES string of the molecule is O=C(NC[C@H]1CCCO1)c1nc(-c2ccn(Cc3cccnc3)c2)n2ccccc12. The molecule has 0 aromatic carbocycles. The third kappa shape index (κ3) is 3.71. The highest BCUT2D eigenvalue weighted by molar-refractivity contribution is 6.00. The van der Waals surface area contributed by atoms with Crippen LogP contribution in [0.25, 0.3) is 16.9 Å². The van der Waals surface area contributed by atoms with Gasteiger partial charge in [0.1, 0.15) is 5.82 Å². The summed E-state index contributed by atoms with van der Waals surface area (Å²) < 4.78 is 9.66. The Bertz CT molecular complexity index is 1160. The van der Waals surface area contributed by atoms with E-state index in [1.54, 1.807) is 6.20 Å². The molecule has 5 rings (SSSR count). The van der Waals surface area contributed by atoms with Crippen molar-refractivity contribution in [2.75, 3.05) is 13.2 Å². The first-order valence-electron chi connectivity index (χ1n) is 10.2. The van der Waals surface area contributed by atoms with E-state index in [2.05, 4.69) is 14.9 Å². The van der Waals surface area contributed by atoms with Crippen LogP contribution in [0.5, 0.6) is 0 Å². The Labute approximate surface area is 174 Å². The van der Waals surface area contributed by atoms with E-state index >= 15 is 0 Å². The van der Waals surface area contributed by atoms with Crippen LogP contribution in [0, 0.1) is 0 Å². The number of rotatable bonds is 6.